The Morgan fingerprint density at radius 2 is 2.04 bits per heavy atom. The van der Waals surface area contributed by atoms with Gasteiger partial charge in [-0.2, -0.15) is 0 Å². The number of carbonyl (C=O) groups is 2. The van der Waals surface area contributed by atoms with Gasteiger partial charge in [0.05, 0.1) is 5.70 Å². The van der Waals surface area contributed by atoms with Crippen molar-refractivity contribution in [3.63, 3.8) is 0 Å². The van der Waals surface area contributed by atoms with E-state index >= 15 is 0 Å². The van der Waals surface area contributed by atoms with Crippen LogP contribution in [-0.4, -0.2) is 40.2 Å². The Bertz CT molecular complexity index is 1070. The number of hydrogen-bond donors (Lipinski definition) is 1. The lowest BCUT2D eigenvalue weighted by Crippen LogP contribution is -2.26. The summed E-state index contributed by atoms with van der Waals surface area (Å²) in [7, 11) is 3.45. The second kappa shape index (κ2) is 7.52. The number of hydrogen-bond acceptors (Lipinski definition) is 5. The zero-order chi connectivity index (χ0) is 19.7. The van der Waals surface area contributed by atoms with Gasteiger partial charge < -0.3 is 14.8 Å². The van der Waals surface area contributed by atoms with Crippen molar-refractivity contribution in [2.45, 2.75) is 11.9 Å². The fourth-order valence-corrected chi connectivity index (χ4v) is 4.09. The van der Waals surface area contributed by atoms with Crippen LogP contribution in [0.4, 0.5) is 0 Å². The summed E-state index contributed by atoms with van der Waals surface area (Å²) in [4.78, 5) is 31.1. The topological polar surface area (TPSA) is 67.2 Å². The molecule has 28 heavy (non-hydrogen) atoms. The zero-order valence-electron chi connectivity index (χ0n) is 15.6. The number of Topliss-reactive ketones (excluding diaryl/α,β-unsaturated/α-hetero) is 1. The molecule has 1 atom stereocenters. The van der Waals surface area contributed by atoms with Crippen molar-refractivity contribution in [3.05, 3.63) is 77.2 Å². The SMILES string of the molecule is CN(C)C(=O)Cn1cc(C(=O)C2=CSC(c3cccnc3)N2)c2ccccc21. The van der Waals surface area contributed by atoms with E-state index in [-0.39, 0.29) is 23.6 Å². The molecule has 1 aliphatic rings. The van der Waals surface area contributed by atoms with E-state index in [1.54, 1.807) is 49.3 Å². The lowest BCUT2D eigenvalue weighted by Gasteiger charge is -2.12. The molecule has 0 saturated heterocycles. The molecule has 0 saturated carbocycles. The number of likely N-dealkylation sites (N-methyl/N-ethyl adjacent to an activating group) is 1. The maximum atomic E-state index is 13.2. The van der Waals surface area contributed by atoms with Crippen molar-refractivity contribution in [1.82, 2.24) is 19.8 Å². The fraction of sp³-hybridized carbons (Fsp3) is 0.190. The Morgan fingerprint density at radius 3 is 2.79 bits per heavy atom. The van der Waals surface area contributed by atoms with E-state index in [1.165, 1.54) is 0 Å². The van der Waals surface area contributed by atoms with E-state index in [0.717, 1.165) is 16.5 Å². The van der Waals surface area contributed by atoms with Crippen LogP contribution in [0.3, 0.4) is 0 Å². The zero-order valence-corrected chi connectivity index (χ0v) is 16.4. The van der Waals surface area contributed by atoms with Gasteiger partial charge >= 0.3 is 0 Å². The Balaban J connectivity index is 1.62. The van der Waals surface area contributed by atoms with E-state index < -0.39 is 0 Å². The predicted octanol–water partition coefficient (Wildman–Crippen LogP) is 3.18. The number of amides is 1. The van der Waals surface area contributed by atoms with Gasteiger partial charge in [0, 0.05) is 60.1 Å². The molecule has 0 bridgehead atoms. The first-order valence-electron chi connectivity index (χ1n) is 8.89. The molecule has 0 fully saturated rings. The molecular weight excluding hydrogens is 372 g/mol. The Kier molecular flexibility index (Phi) is 4.92. The van der Waals surface area contributed by atoms with Crippen LogP contribution >= 0.6 is 11.8 Å². The summed E-state index contributed by atoms with van der Waals surface area (Å²) in [6.45, 7) is 0.195. The van der Waals surface area contributed by atoms with Gasteiger partial charge in [0.15, 0.2) is 0 Å². The number of nitrogens with one attached hydrogen (secondary N) is 1. The third-order valence-electron chi connectivity index (χ3n) is 4.68. The number of ketones is 1. The molecule has 1 unspecified atom stereocenters. The maximum Gasteiger partial charge on any atom is 0.241 e. The Hall–Kier alpha value is -3.06. The minimum absolute atomic E-state index is 0.0230. The molecule has 142 valence electrons. The highest BCUT2D eigenvalue weighted by atomic mass is 32.2. The van der Waals surface area contributed by atoms with Gasteiger partial charge in [-0.3, -0.25) is 14.6 Å². The quantitative estimate of drug-likeness (QED) is 0.676. The summed E-state index contributed by atoms with van der Waals surface area (Å²) in [5.74, 6) is -0.101. The molecular formula is C21H20N4O2S. The highest BCUT2D eigenvalue weighted by Crippen LogP contribution is 2.35. The lowest BCUT2D eigenvalue weighted by atomic mass is 10.1. The number of rotatable bonds is 5. The average molecular weight is 392 g/mol. The van der Waals surface area contributed by atoms with Crippen molar-refractivity contribution in [2.24, 2.45) is 0 Å². The smallest absolute Gasteiger partial charge is 0.241 e. The molecule has 0 spiro atoms. The molecule has 2 aromatic heterocycles. The highest BCUT2D eigenvalue weighted by Gasteiger charge is 2.26. The second-order valence-electron chi connectivity index (χ2n) is 6.78. The van der Waals surface area contributed by atoms with E-state index in [2.05, 4.69) is 10.3 Å². The van der Waals surface area contributed by atoms with Crippen molar-refractivity contribution in [3.8, 4) is 0 Å². The number of nitrogens with zero attached hydrogens (tertiary/aromatic N) is 3. The van der Waals surface area contributed by atoms with Crippen LogP contribution in [-0.2, 0) is 11.3 Å². The third kappa shape index (κ3) is 3.41. The van der Waals surface area contributed by atoms with Gasteiger partial charge in [0.1, 0.15) is 11.9 Å². The first kappa shape index (κ1) is 18.3. The molecule has 1 amide bonds. The number of thioether (sulfide) groups is 1. The molecule has 1 aromatic carbocycles. The first-order valence-corrected chi connectivity index (χ1v) is 9.83. The Morgan fingerprint density at radius 1 is 1.21 bits per heavy atom. The van der Waals surface area contributed by atoms with Crippen molar-refractivity contribution >= 4 is 34.4 Å². The van der Waals surface area contributed by atoms with Crippen LogP contribution in [0.2, 0.25) is 0 Å². The molecule has 1 aliphatic heterocycles. The normalized spacial score (nSPS) is 15.9. The van der Waals surface area contributed by atoms with Gasteiger partial charge in [-0.05, 0) is 12.1 Å². The number of allylic oxidation sites excluding steroid dienone is 1. The summed E-state index contributed by atoms with van der Waals surface area (Å²) >= 11 is 1.55. The second-order valence-corrected chi connectivity index (χ2v) is 7.76. The number of carbonyl (C=O) groups excluding carboxylic acids is 2. The van der Waals surface area contributed by atoms with Gasteiger partial charge in [0.2, 0.25) is 11.7 Å². The molecule has 6 nitrogen and oxygen atoms in total. The van der Waals surface area contributed by atoms with E-state index in [0.29, 0.717) is 11.3 Å². The molecule has 3 heterocycles. The minimum atomic E-state index is -0.0776. The fourth-order valence-electron chi connectivity index (χ4n) is 3.15. The monoisotopic (exact) mass is 392 g/mol. The number of para-hydroxylation sites is 1. The summed E-state index contributed by atoms with van der Waals surface area (Å²) in [5, 5.41) is 5.96. The number of benzene rings is 1. The summed E-state index contributed by atoms with van der Waals surface area (Å²) < 4.78 is 1.84. The first-order chi connectivity index (χ1) is 13.5. The van der Waals surface area contributed by atoms with Crippen LogP contribution in [0.25, 0.3) is 10.9 Å². The van der Waals surface area contributed by atoms with Gasteiger partial charge in [-0.1, -0.05) is 24.3 Å². The van der Waals surface area contributed by atoms with Gasteiger partial charge in [-0.15, -0.1) is 11.8 Å². The number of fused-ring (bicyclic) bond motifs is 1. The maximum absolute atomic E-state index is 13.2. The minimum Gasteiger partial charge on any atom is -0.366 e. The van der Waals surface area contributed by atoms with E-state index in [1.807, 2.05) is 46.4 Å². The summed E-state index contributed by atoms with van der Waals surface area (Å²) in [5.41, 5.74) is 3.04. The number of aromatic nitrogens is 2. The van der Waals surface area contributed by atoms with Crippen LogP contribution < -0.4 is 5.32 Å². The molecule has 1 N–H and O–H groups in total. The van der Waals surface area contributed by atoms with E-state index in [4.69, 9.17) is 0 Å². The lowest BCUT2D eigenvalue weighted by molar-refractivity contribution is -0.129. The largest absolute Gasteiger partial charge is 0.366 e. The molecule has 3 aromatic rings. The Labute approximate surface area is 167 Å². The predicted molar refractivity (Wildman–Crippen MR) is 111 cm³/mol. The summed E-state index contributed by atoms with van der Waals surface area (Å²) in [6, 6.07) is 11.5. The van der Waals surface area contributed by atoms with Crippen LogP contribution in [0.1, 0.15) is 21.3 Å². The molecule has 7 heteroatoms. The van der Waals surface area contributed by atoms with Gasteiger partial charge in [0.25, 0.3) is 0 Å². The van der Waals surface area contributed by atoms with Crippen molar-refractivity contribution in [1.29, 1.82) is 0 Å². The van der Waals surface area contributed by atoms with Crippen molar-refractivity contribution < 1.29 is 9.59 Å². The average Bonchev–Trinajstić information content (AvgIpc) is 3.34. The highest BCUT2D eigenvalue weighted by molar-refractivity contribution is 8.02. The number of pyridine rings is 1. The van der Waals surface area contributed by atoms with Crippen LogP contribution in [0.15, 0.2) is 66.1 Å². The van der Waals surface area contributed by atoms with Gasteiger partial charge in [-0.25, -0.2) is 0 Å². The molecule has 4 rings (SSSR count). The summed E-state index contributed by atoms with van der Waals surface area (Å²) in [6.07, 6.45) is 5.30. The van der Waals surface area contributed by atoms with Crippen LogP contribution in [0.5, 0.6) is 0 Å². The standard InChI is InChI=1S/C21H20N4O2S/c1-24(2)19(26)12-25-11-16(15-7-3-4-8-18(15)25)20(27)17-13-28-21(23-17)14-6-5-9-22-10-14/h3-11,13,21,23H,12H2,1-2H3. The third-order valence-corrected chi connectivity index (χ3v) is 5.71. The van der Waals surface area contributed by atoms with E-state index in [9.17, 15) is 9.59 Å². The molecule has 0 radical (unpaired) electrons. The van der Waals surface area contributed by atoms with Crippen LogP contribution in [0, 0.1) is 0 Å². The molecule has 0 aliphatic carbocycles. The van der Waals surface area contributed by atoms with Crippen molar-refractivity contribution in [2.75, 3.05) is 14.1 Å².